The summed E-state index contributed by atoms with van der Waals surface area (Å²) in [5.41, 5.74) is 6.75. The van der Waals surface area contributed by atoms with Gasteiger partial charge < -0.3 is 14.0 Å². The minimum atomic E-state index is -1.83. The van der Waals surface area contributed by atoms with Crippen LogP contribution in [-0.4, -0.2) is 33.5 Å². The molecular formula is C24H39BO3Si. The minimum Gasteiger partial charge on any atom is -0.497 e. The third-order valence-electron chi connectivity index (χ3n) is 7.05. The summed E-state index contributed by atoms with van der Waals surface area (Å²) in [5, 5.41) is 0. The molecule has 0 saturated carbocycles. The first-order chi connectivity index (χ1) is 13.3. The molecule has 0 aromatic heterocycles. The molecule has 1 heterocycles. The molecule has 0 radical (unpaired) electrons. The normalized spacial score (nSPS) is 18.3. The van der Waals surface area contributed by atoms with Crippen molar-refractivity contribution in [1.82, 2.24) is 0 Å². The number of hydrogen-bond donors (Lipinski definition) is 0. The van der Waals surface area contributed by atoms with E-state index in [1.54, 1.807) is 7.11 Å². The van der Waals surface area contributed by atoms with Gasteiger partial charge in [-0.1, -0.05) is 47.5 Å². The lowest BCUT2D eigenvalue weighted by Crippen LogP contribution is -2.43. The summed E-state index contributed by atoms with van der Waals surface area (Å²) in [6, 6.07) is 6.03. The fourth-order valence-electron chi connectivity index (χ4n) is 4.56. The molecule has 29 heavy (non-hydrogen) atoms. The van der Waals surface area contributed by atoms with Crippen molar-refractivity contribution in [2.45, 2.75) is 97.1 Å². The van der Waals surface area contributed by atoms with Crippen LogP contribution in [0.3, 0.4) is 0 Å². The molecule has 5 heteroatoms. The highest BCUT2D eigenvalue weighted by Crippen LogP contribution is 2.41. The van der Waals surface area contributed by atoms with E-state index in [9.17, 15) is 0 Å². The zero-order valence-electron chi connectivity index (χ0n) is 20.3. The van der Waals surface area contributed by atoms with Crippen LogP contribution >= 0.6 is 0 Å². The van der Waals surface area contributed by atoms with E-state index in [-0.39, 0.29) is 0 Å². The Balaban J connectivity index is 2.58. The topological polar surface area (TPSA) is 27.7 Å². The highest BCUT2D eigenvalue weighted by molar-refractivity contribution is 6.90. The lowest BCUT2D eigenvalue weighted by atomic mass is 9.76. The zero-order chi connectivity index (χ0) is 22.2. The van der Waals surface area contributed by atoms with Gasteiger partial charge in [-0.25, -0.2) is 0 Å². The van der Waals surface area contributed by atoms with Gasteiger partial charge in [0.2, 0.25) is 0 Å². The fourth-order valence-corrected chi connectivity index (χ4v) is 9.77. The van der Waals surface area contributed by atoms with E-state index in [0.29, 0.717) is 16.6 Å². The lowest BCUT2D eigenvalue weighted by Gasteiger charge is -2.38. The van der Waals surface area contributed by atoms with Crippen molar-refractivity contribution in [2.24, 2.45) is 0 Å². The third-order valence-corrected chi connectivity index (χ3v) is 13.3. The molecule has 2 rings (SSSR count). The van der Waals surface area contributed by atoms with Crippen molar-refractivity contribution in [2.75, 3.05) is 7.11 Å². The van der Waals surface area contributed by atoms with E-state index in [2.05, 4.69) is 80.7 Å². The fraction of sp³-hybridized carbons (Fsp3) is 0.667. The average molecular weight is 414 g/mol. The summed E-state index contributed by atoms with van der Waals surface area (Å²) in [6.45, 7) is 22.3. The standard InChI is InChI=1S/C24H39BO3Si/c1-17(2)29(18(3)4,19(5)6)15-14-20-12-13-21(26-11)16-22(20)25-27-23(7,8)24(9,10)28-25/h12-13,16-19H,1-11H3. The monoisotopic (exact) mass is 414 g/mol. The van der Waals surface area contributed by atoms with Gasteiger partial charge in [-0.2, -0.15) is 0 Å². The molecule has 3 nitrogen and oxygen atoms in total. The molecule has 1 aromatic rings. The molecule has 1 saturated heterocycles. The molecule has 1 aromatic carbocycles. The second-order valence-corrected chi connectivity index (χ2v) is 15.8. The van der Waals surface area contributed by atoms with Crippen LogP contribution in [0.15, 0.2) is 18.2 Å². The van der Waals surface area contributed by atoms with Gasteiger partial charge in [0.15, 0.2) is 0 Å². The molecule has 0 amide bonds. The van der Waals surface area contributed by atoms with Crippen molar-refractivity contribution < 1.29 is 14.0 Å². The molecule has 0 spiro atoms. The molecule has 0 bridgehead atoms. The highest BCUT2D eigenvalue weighted by Gasteiger charge is 2.52. The molecule has 0 N–H and O–H groups in total. The average Bonchev–Trinajstić information content (AvgIpc) is 2.82. The highest BCUT2D eigenvalue weighted by atomic mass is 28.3. The molecule has 1 aliphatic heterocycles. The van der Waals surface area contributed by atoms with Crippen LogP contribution in [0.25, 0.3) is 0 Å². The van der Waals surface area contributed by atoms with Gasteiger partial charge >= 0.3 is 7.12 Å². The summed E-state index contributed by atoms with van der Waals surface area (Å²) in [7, 11) is -0.593. The smallest absolute Gasteiger partial charge is 0.496 e. The molecule has 0 unspecified atom stereocenters. The van der Waals surface area contributed by atoms with E-state index < -0.39 is 26.4 Å². The summed E-state index contributed by atoms with van der Waals surface area (Å²) < 4.78 is 18.1. The number of rotatable bonds is 5. The number of methoxy groups -OCH3 is 1. The van der Waals surface area contributed by atoms with Crippen LogP contribution in [-0.2, 0) is 9.31 Å². The van der Waals surface area contributed by atoms with Crippen LogP contribution in [0.1, 0.15) is 74.8 Å². The van der Waals surface area contributed by atoms with Crippen molar-refractivity contribution in [3.8, 4) is 17.2 Å². The van der Waals surface area contributed by atoms with E-state index in [0.717, 1.165) is 16.8 Å². The Kier molecular flexibility index (Phi) is 7.05. The lowest BCUT2D eigenvalue weighted by molar-refractivity contribution is 0.00578. The SMILES string of the molecule is COc1ccc(C#C[Si](C(C)C)(C(C)C)C(C)C)c(B2OC(C)(C)C(C)(C)O2)c1. The van der Waals surface area contributed by atoms with Crippen molar-refractivity contribution >= 4 is 20.7 Å². The molecule has 160 valence electrons. The van der Waals surface area contributed by atoms with Gasteiger partial charge in [0.1, 0.15) is 13.8 Å². The maximum absolute atomic E-state index is 6.33. The van der Waals surface area contributed by atoms with Gasteiger partial charge in [-0.3, -0.25) is 0 Å². The Hall–Kier alpha value is -1.22. The molecule has 1 fully saturated rings. The van der Waals surface area contributed by atoms with Crippen molar-refractivity contribution in [1.29, 1.82) is 0 Å². The van der Waals surface area contributed by atoms with Gasteiger partial charge in [-0.05, 0) is 62.5 Å². The largest absolute Gasteiger partial charge is 0.497 e. The van der Waals surface area contributed by atoms with Crippen LogP contribution in [0, 0.1) is 11.5 Å². The number of benzene rings is 1. The second-order valence-electron chi connectivity index (χ2n) is 10.2. The molecule has 1 aliphatic rings. The summed E-state index contributed by atoms with van der Waals surface area (Å²) >= 11 is 0. The predicted molar refractivity (Wildman–Crippen MR) is 127 cm³/mol. The first-order valence-electron chi connectivity index (χ1n) is 10.8. The summed E-state index contributed by atoms with van der Waals surface area (Å²) in [4.78, 5) is 0. The summed E-state index contributed by atoms with van der Waals surface area (Å²) in [6.07, 6.45) is 0. The van der Waals surface area contributed by atoms with Crippen LogP contribution in [0.2, 0.25) is 16.6 Å². The van der Waals surface area contributed by atoms with Crippen LogP contribution in [0.5, 0.6) is 5.75 Å². The van der Waals surface area contributed by atoms with Crippen LogP contribution < -0.4 is 10.2 Å². The van der Waals surface area contributed by atoms with Crippen molar-refractivity contribution in [3.63, 3.8) is 0 Å². The van der Waals surface area contributed by atoms with E-state index >= 15 is 0 Å². The van der Waals surface area contributed by atoms with Crippen LogP contribution in [0.4, 0.5) is 0 Å². The number of ether oxygens (including phenoxy) is 1. The molecular weight excluding hydrogens is 375 g/mol. The van der Waals surface area contributed by atoms with Crippen molar-refractivity contribution in [3.05, 3.63) is 23.8 Å². The van der Waals surface area contributed by atoms with E-state index in [1.807, 2.05) is 18.2 Å². The Morgan fingerprint density at radius 1 is 0.897 bits per heavy atom. The second kappa shape index (κ2) is 8.49. The Morgan fingerprint density at radius 3 is 1.79 bits per heavy atom. The Morgan fingerprint density at radius 2 is 1.38 bits per heavy atom. The van der Waals surface area contributed by atoms with Gasteiger partial charge in [-0.15, -0.1) is 5.54 Å². The summed E-state index contributed by atoms with van der Waals surface area (Å²) in [5.74, 6) is 4.37. The van der Waals surface area contributed by atoms with Gasteiger partial charge in [0.05, 0.1) is 18.3 Å². The predicted octanol–water partition coefficient (Wildman–Crippen LogP) is 5.56. The minimum absolute atomic E-state index is 0.391. The van der Waals surface area contributed by atoms with Gasteiger partial charge in [0, 0.05) is 11.0 Å². The maximum Gasteiger partial charge on any atom is 0.496 e. The molecule has 0 aliphatic carbocycles. The zero-order valence-corrected chi connectivity index (χ0v) is 21.3. The Bertz CT molecular complexity index is 749. The number of hydrogen-bond acceptors (Lipinski definition) is 3. The van der Waals surface area contributed by atoms with E-state index in [1.165, 1.54) is 0 Å². The molecule has 0 atom stereocenters. The maximum atomic E-state index is 6.33. The van der Waals surface area contributed by atoms with E-state index in [4.69, 9.17) is 14.0 Å². The Labute approximate surface area is 180 Å². The third kappa shape index (κ3) is 4.45. The van der Waals surface area contributed by atoms with Gasteiger partial charge in [0.25, 0.3) is 0 Å². The first-order valence-corrected chi connectivity index (χ1v) is 13.1. The quantitative estimate of drug-likeness (QED) is 0.466. The first kappa shape index (κ1) is 24.1.